The van der Waals surface area contributed by atoms with Gasteiger partial charge in [-0.1, -0.05) is 38.1 Å². The van der Waals surface area contributed by atoms with Crippen molar-refractivity contribution in [3.8, 4) is 0 Å². The Morgan fingerprint density at radius 3 is 2.44 bits per heavy atom. The number of carbonyl (C=O) groups is 2. The van der Waals surface area contributed by atoms with E-state index in [4.69, 9.17) is 5.73 Å². The van der Waals surface area contributed by atoms with Gasteiger partial charge in [0.15, 0.2) is 0 Å². The second kappa shape index (κ2) is 8.82. The highest BCUT2D eigenvalue weighted by atomic mass is 16.2. The molecule has 0 bridgehead atoms. The molecule has 0 aliphatic carbocycles. The third-order valence-electron chi connectivity index (χ3n) is 3.84. The number of nitrogens with two attached hydrogens (primary N) is 1. The molecule has 1 heterocycles. The number of amides is 2. The molecular formula is C19H24N4O2. The van der Waals surface area contributed by atoms with Crippen molar-refractivity contribution in [2.45, 2.75) is 26.4 Å². The summed E-state index contributed by atoms with van der Waals surface area (Å²) in [5.74, 6) is -0.836. The quantitative estimate of drug-likeness (QED) is 0.766. The van der Waals surface area contributed by atoms with Crippen LogP contribution in [0.1, 0.15) is 19.4 Å². The van der Waals surface area contributed by atoms with Crippen LogP contribution in [-0.4, -0.2) is 29.4 Å². The fourth-order valence-corrected chi connectivity index (χ4v) is 2.55. The van der Waals surface area contributed by atoms with Gasteiger partial charge in [0.1, 0.15) is 6.04 Å². The highest BCUT2D eigenvalue weighted by Crippen LogP contribution is 2.16. The lowest BCUT2D eigenvalue weighted by Crippen LogP contribution is -2.50. The van der Waals surface area contributed by atoms with Gasteiger partial charge in [-0.2, -0.15) is 0 Å². The van der Waals surface area contributed by atoms with Gasteiger partial charge in [0, 0.05) is 24.6 Å². The maximum Gasteiger partial charge on any atom is 0.240 e. The lowest BCUT2D eigenvalue weighted by molar-refractivity contribution is -0.127. The Hall–Kier alpha value is -2.89. The maximum atomic E-state index is 12.5. The normalized spacial score (nSPS) is 11.8. The molecule has 1 aromatic heterocycles. The summed E-state index contributed by atoms with van der Waals surface area (Å²) in [6, 6.07) is 12.8. The number of anilines is 1. The zero-order valence-electron chi connectivity index (χ0n) is 14.6. The van der Waals surface area contributed by atoms with E-state index < -0.39 is 11.9 Å². The van der Waals surface area contributed by atoms with Gasteiger partial charge in [0.2, 0.25) is 11.8 Å². The SMILES string of the molecule is CC(C)[C@H](NC(=O)CN(Cc1cccnc1)c1ccccc1)C(N)=O. The average molecular weight is 340 g/mol. The smallest absolute Gasteiger partial charge is 0.240 e. The van der Waals surface area contributed by atoms with Crippen LogP contribution >= 0.6 is 0 Å². The minimum absolute atomic E-state index is 0.0649. The van der Waals surface area contributed by atoms with Crippen molar-refractivity contribution in [1.29, 1.82) is 0 Å². The number of hydrogen-bond acceptors (Lipinski definition) is 4. The van der Waals surface area contributed by atoms with Gasteiger partial charge in [0.05, 0.1) is 6.54 Å². The number of hydrogen-bond donors (Lipinski definition) is 2. The van der Waals surface area contributed by atoms with E-state index in [1.807, 2.05) is 61.2 Å². The van der Waals surface area contributed by atoms with Crippen molar-refractivity contribution in [1.82, 2.24) is 10.3 Å². The fraction of sp³-hybridized carbons (Fsp3) is 0.316. The first kappa shape index (κ1) is 18.4. The number of aromatic nitrogens is 1. The molecule has 0 fully saturated rings. The van der Waals surface area contributed by atoms with E-state index in [-0.39, 0.29) is 18.4 Å². The summed E-state index contributed by atoms with van der Waals surface area (Å²) in [6.07, 6.45) is 3.48. The van der Waals surface area contributed by atoms with Crippen molar-refractivity contribution in [3.05, 3.63) is 60.4 Å². The first-order valence-electron chi connectivity index (χ1n) is 8.25. The minimum atomic E-state index is -0.677. The van der Waals surface area contributed by atoms with E-state index in [1.54, 1.807) is 12.4 Å². The van der Waals surface area contributed by atoms with E-state index in [0.717, 1.165) is 11.3 Å². The highest BCUT2D eigenvalue weighted by molar-refractivity contribution is 5.88. The van der Waals surface area contributed by atoms with E-state index in [1.165, 1.54) is 0 Å². The van der Waals surface area contributed by atoms with Crippen LogP contribution in [0.4, 0.5) is 5.69 Å². The van der Waals surface area contributed by atoms with Gasteiger partial charge in [0.25, 0.3) is 0 Å². The van der Waals surface area contributed by atoms with Crippen molar-refractivity contribution in [3.63, 3.8) is 0 Å². The number of nitrogens with one attached hydrogen (secondary N) is 1. The monoisotopic (exact) mass is 340 g/mol. The van der Waals surface area contributed by atoms with E-state index >= 15 is 0 Å². The number of nitrogens with zero attached hydrogens (tertiary/aromatic N) is 2. The molecule has 2 aromatic rings. The standard InChI is InChI=1S/C19H24N4O2/c1-14(2)18(19(20)25)22-17(24)13-23(16-8-4-3-5-9-16)12-15-7-6-10-21-11-15/h3-11,14,18H,12-13H2,1-2H3,(H2,20,25)(H,22,24)/t18-/m0/s1. The molecule has 0 spiro atoms. The van der Waals surface area contributed by atoms with Gasteiger partial charge in [-0.05, 0) is 29.7 Å². The summed E-state index contributed by atoms with van der Waals surface area (Å²) < 4.78 is 0. The Kier molecular flexibility index (Phi) is 6.51. The first-order chi connectivity index (χ1) is 12.0. The Morgan fingerprint density at radius 1 is 1.16 bits per heavy atom. The number of carbonyl (C=O) groups excluding carboxylic acids is 2. The zero-order valence-corrected chi connectivity index (χ0v) is 14.6. The van der Waals surface area contributed by atoms with Crippen molar-refractivity contribution in [2.24, 2.45) is 11.7 Å². The molecular weight excluding hydrogens is 316 g/mol. The summed E-state index contributed by atoms with van der Waals surface area (Å²) in [7, 11) is 0. The van der Waals surface area contributed by atoms with Gasteiger partial charge >= 0.3 is 0 Å². The molecule has 6 heteroatoms. The Bertz CT molecular complexity index is 689. The molecule has 0 aliphatic rings. The van der Waals surface area contributed by atoms with Crippen LogP contribution < -0.4 is 16.0 Å². The molecule has 25 heavy (non-hydrogen) atoms. The van der Waals surface area contributed by atoms with E-state index in [2.05, 4.69) is 10.3 Å². The molecule has 0 radical (unpaired) electrons. The summed E-state index contributed by atoms with van der Waals surface area (Å²) >= 11 is 0. The molecule has 6 nitrogen and oxygen atoms in total. The molecule has 3 N–H and O–H groups in total. The molecule has 0 unspecified atom stereocenters. The molecule has 0 saturated heterocycles. The zero-order chi connectivity index (χ0) is 18.2. The minimum Gasteiger partial charge on any atom is -0.368 e. The second-order valence-corrected chi connectivity index (χ2v) is 6.24. The lowest BCUT2D eigenvalue weighted by atomic mass is 10.0. The fourth-order valence-electron chi connectivity index (χ4n) is 2.55. The van der Waals surface area contributed by atoms with Crippen LogP contribution in [0.25, 0.3) is 0 Å². The number of para-hydroxylation sites is 1. The first-order valence-corrected chi connectivity index (χ1v) is 8.25. The van der Waals surface area contributed by atoms with Gasteiger partial charge in [-0.15, -0.1) is 0 Å². The van der Waals surface area contributed by atoms with Crippen molar-refractivity contribution in [2.75, 3.05) is 11.4 Å². The summed E-state index contributed by atoms with van der Waals surface area (Å²) in [5, 5.41) is 2.73. The summed E-state index contributed by atoms with van der Waals surface area (Å²) in [4.78, 5) is 30.0. The molecule has 1 aromatic carbocycles. The third-order valence-corrected chi connectivity index (χ3v) is 3.84. The topological polar surface area (TPSA) is 88.3 Å². The van der Waals surface area contributed by atoms with Gasteiger partial charge in [-0.3, -0.25) is 14.6 Å². The van der Waals surface area contributed by atoms with Gasteiger partial charge in [-0.25, -0.2) is 0 Å². The molecule has 132 valence electrons. The molecule has 2 rings (SSSR count). The maximum absolute atomic E-state index is 12.5. The van der Waals surface area contributed by atoms with Crippen LogP contribution in [-0.2, 0) is 16.1 Å². The molecule has 2 amide bonds. The summed E-state index contributed by atoms with van der Waals surface area (Å²) in [5.41, 5.74) is 7.29. The predicted octanol–water partition coefficient (Wildman–Crippen LogP) is 1.71. The van der Waals surface area contributed by atoms with Gasteiger partial charge < -0.3 is 16.0 Å². The van der Waals surface area contributed by atoms with Crippen LogP contribution in [0, 0.1) is 5.92 Å². The van der Waals surface area contributed by atoms with Crippen LogP contribution in [0.2, 0.25) is 0 Å². The van der Waals surface area contributed by atoms with Crippen molar-refractivity contribution >= 4 is 17.5 Å². The van der Waals surface area contributed by atoms with Crippen LogP contribution in [0.15, 0.2) is 54.9 Å². The summed E-state index contributed by atoms with van der Waals surface area (Å²) in [6.45, 7) is 4.35. The van der Waals surface area contributed by atoms with E-state index in [9.17, 15) is 9.59 Å². The Balaban J connectivity index is 2.13. The predicted molar refractivity (Wildman–Crippen MR) is 97.7 cm³/mol. The lowest BCUT2D eigenvalue weighted by Gasteiger charge is -2.26. The van der Waals surface area contributed by atoms with E-state index in [0.29, 0.717) is 6.54 Å². The molecule has 1 atom stereocenters. The number of rotatable bonds is 8. The molecule has 0 aliphatic heterocycles. The number of pyridine rings is 1. The number of primary amides is 1. The Labute approximate surface area is 148 Å². The average Bonchev–Trinajstić information content (AvgIpc) is 2.60. The highest BCUT2D eigenvalue weighted by Gasteiger charge is 2.22. The van der Waals surface area contributed by atoms with Crippen LogP contribution in [0.3, 0.4) is 0 Å². The Morgan fingerprint density at radius 2 is 1.88 bits per heavy atom. The second-order valence-electron chi connectivity index (χ2n) is 6.24. The molecule has 0 saturated carbocycles. The largest absolute Gasteiger partial charge is 0.368 e. The number of benzene rings is 1. The van der Waals surface area contributed by atoms with Crippen molar-refractivity contribution < 1.29 is 9.59 Å². The van der Waals surface area contributed by atoms with Crippen LogP contribution in [0.5, 0.6) is 0 Å². The third kappa shape index (κ3) is 5.60.